The zero-order valence-corrected chi connectivity index (χ0v) is 13.6. The average molecular weight is 342 g/mol. The second kappa shape index (κ2) is 6.25. The van der Waals surface area contributed by atoms with Crippen molar-refractivity contribution in [3.63, 3.8) is 0 Å². The van der Waals surface area contributed by atoms with E-state index in [1.54, 1.807) is 24.3 Å². The lowest BCUT2D eigenvalue weighted by Gasteiger charge is -2.05. The molecule has 0 aliphatic heterocycles. The Kier molecular flexibility index (Phi) is 4.13. The van der Waals surface area contributed by atoms with E-state index in [1.807, 2.05) is 29.8 Å². The predicted octanol–water partition coefficient (Wildman–Crippen LogP) is 1.69. The molecule has 1 heterocycles. The zero-order chi connectivity index (χ0) is 17.2. The quantitative estimate of drug-likeness (QED) is 0.779. The minimum Gasteiger partial charge on any atom is -0.264 e. The SMILES string of the molecule is Cc1ccc(S(=O)(=O)NC(=O)c2ncn(-c3ccccc3)n2)cc1. The van der Waals surface area contributed by atoms with Gasteiger partial charge in [-0.2, -0.15) is 0 Å². The number of benzene rings is 2. The fourth-order valence-corrected chi connectivity index (χ4v) is 2.96. The molecule has 0 atom stereocenters. The summed E-state index contributed by atoms with van der Waals surface area (Å²) < 4.78 is 27.8. The van der Waals surface area contributed by atoms with E-state index in [0.29, 0.717) is 5.69 Å². The number of aryl methyl sites for hydroxylation is 1. The Morgan fingerprint density at radius 3 is 2.38 bits per heavy atom. The smallest absolute Gasteiger partial charge is 0.264 e. The van der Waals surface area contributed by atoms with Crippen molar-refractivity contribution >= 4 is 15.9 Å². The van der Waals surface area contributed by atoms with Gasteiger partial charge in [-0.1, -0.05) is 35.9 Å². The highest BCUT2D eigenvalue weighted by Crippen LogP contribution is 2.10. The summed E-state index contributed by atoms with van der Waals surface area (Å²) in [4.78, 5) is 16.0. The van der Waals surface area contributed by atoms with Crippen LogP contribution < -0.4 is 4.72 Å². The van der Waals surface area contributed by atoms with Crippen LogP contribution in [-0.2, 0) is 10.0 Å². The van der Waals surface area contributed by atoms with Gasteiger partial charge in [-0.15, -0.1) is 5.10 Å². The minimum atomic E-state index is -3.97. The summed E-state index contributed by atoms with van der Waals surface area (Å²) in [5, 5.41) is 4.00. The van der Waals surface area contributed by atoms with Gasteiger partial charge in [0.15, 0.2) is 0 Å². The summed E-state index contributed by atoms with van der Waals surface area (Å²) in [6, 6.07) is 15.2. The second-order valence-electron chi connectivity index (χ2n) is 5.10. The topological polar surface area (TPSA) is 94.0 Å². The molecule has 0 radical (unpaired) electrons. The number of sulfonamides is 1. The van der Waals surface area contributed by atoms with E-state index in [9.17, 15) is 13.2 Å². The van der Waals surface area contributed by atoms with Crippen LogP contribution in [0.15, 0.2) is 65.8 Å². The van der Waals surface area contributed by atoms with Crippen LogP contribution in [0.1, 0.15) is 16.2 Å². The third-order valence-corrected chi connectivity index (χ3v) is 4.62. The lowest BCUT2D eigenvalue weighted by molar-refractivity contribution is 0.0971. The van der Waals surface area contributed by atoms with E-state index in [-0.39, 0.29) is 10.7 Å². The Bertz CT molecular complexity index is 964. The van der Waals surface area contributed by atoms with Crippen LogP contribution in [0.4, 0.5) is 0 Å². The number of hydrogen-bond donors (Lipinski definition) is 1. The molecule has 0 spiro atoms. The van der Waals surface area contributed by atoms with Crippen molar-refractivity contribution in [1.29, 1.82) is 0 Å². The summed E-state index contributed by atoms with van der Waals surface area (Å²) in [5.74, 6) is -1.11. The molecule has 1 N–H and O–H groups in total. The average Bonchev–Trinajstić information content (AvgIpc) is 3.06. The first-order valence-corrected chi connectivity index (χ1v) is 8.55. The fraction of sp³-hybridized carbons (Fsp3) is 0.0625. The van der Waals surface area contributed by atoms with Crippen molar-refractivity contribution in [1.82, 2.24) is 19.5 Å². The molecule has 1 amide bonds. The van der Waals surface area contributed by atoms with Crippen molar-refractivity contribution < 1.29 is 13.2 Å². The van der Waals surface area contributed by atoms with Gasteiger partial charge in [-0.05, 0) is 31.2 Å². The van der Waals surface area contributed by atoms with Crippen LogP contribution in [0.3, 0.4) is 0 Å². The number of nitrogens with one attached hydrogen (secondary N) is 1. The predicted molar refractivity (Wildman–Crippen MR) is 87.2 cm³/mol. The number of aromatic nitrogens is 3. The highest BCUT2D eigenvalue weighted by Gasteiger charge is 2.21. The molecule has 0 fully saturated rings. The van der Waals surface area contributed by atoms with Crippen LogP contribution in [0.5, 0.6) is 0 Å². The summed E-state index contributed by atoms with van der Waals surface area (Å²) in [7, 11) is -3.97. The lowest BCUT2D eigenvalue weighted by atomic mass is 10.2. The van der Waals surface area contributed by atoms with Crippen molar-refractivity contribution in [2.24, 2.45) is 0 Å². The molecule has 122 valence electrons. The van der Waals surface area contributed by atoms with E-state index in [0.717, 1.165) is 5.56 Å². The summed E-state index contributed by atoms with van der Waals surface area (Å²) in [6.07, 6.45) is 1.35. The van der Waals surface area contributed by atoms with Crippen LogP contribution in [0.2, 0.25) is 0 Å². The molecule has 7 nitrogen and oxygen atoms in total. The van der Waals surface area contributed by atoms with Gasteiger partial charge >= 0.3 is 5.91 Å². The Morgan fingerprint density at radius 2 is 1.71 bits per heavy atom. The molecule has 3 rings (SSSR count). The molecule has 2 aromatic carbocycles. The van der Waals surface area contributed by atoms with Crippen LogP contribution in [-0.4, -0.2) is 29.1 Å². The van der Waals surface area contributed by atoms with Gasteiger partial charge in [-0.3, -0.25) is 4.79 Å². The molecule has 0 aliphatic rings. The second-order valence-corrected chi connectivity index (χ2v) is 6.78. The van der Waals surface area contributed by atoms with Gasteiger partial charge in [0.25, 0.3) is 10.0 Å². The summed E-state index contributed by atoms with van der Waals surface area (Å²) >= 11 is 0. The molecular weight excluding hydrogens is 328 g/mol. The number of amides is 1. The first kappa shape index (κ1) is 15.9. The Morgan fingerprint density at radius 1 is 1.04 bits per heavy atom. The fourth-order valence-electron chi connectivity index (χ4n) is 2.02. The van der Waals surface area contributed by atoms with Gasteiger partial charge in [0, 0.05) is 0 Å². The number of carbonyl (C=O) groups is 1. The maximum atomic E-state index is 12.2. The highest BCUT2D eigenvalue weighted by molar-refractivity contribution is 7.90. The first-order valence-electron chi connectivity index (χ1n) is 7.06. The molecule has 0 saturated heterocycles. The van der Waals surface area contributed by atoms with Crippen LogP contribution >= 0.6 is 0 Å². The van der Waals surface area contributed by atoms with Crippen LogP contribution in [0.25, 0.3) is 5.69 Å². The van der Waals surface area contributed by atoms with Crippen molar-refractivity contribution in [3.05, 3.63) is 72.3 Å². The summed E-state index contributed by atoms with van der Waals surface area (Å²) in [5.41, 5.74) is 1.63. The van der Waals surface area contributed by atoms with E-state index < -0.39 is 15.9 Å². The molecule has 24 heavy (non-hydrogen) atoms. The standard InChI is InChI=1S/C16H14N4O3S/c1-12-7-9-14(10-8-12)24(22,23)19-16(21)15-17-11-20(18-15)13-5-3-2-4-6-13/h2-11H,1H3,(H,19,21). The number of carbonyl (C=O) groups excluding carboxylic acids is 1. The lowest BCUT2D eigenvalue weighted by Crippen LogP contribution is -2.31. The first-order chi connectivity index (χ1) is 11.5. The molecule has 0 bridgehead atoms. The van der Waals surface area contributed by atoms with Gasteiger partial charge in [0.1, 0.15) is 6.33 Å². The molecule has 0 saturated carbocycles. The molecule has 8 heteroatoms. The van der Waals surface area contributed by atoms with Crippen molar-refractivity contribution in [2.75, 3.05) is 0 Å². The molecule has 0 aliphatic carbocycles. The normalized spacial score (nSPS) is 11.2. The van der Waals surface area contributed by atoms with Crippen molar-refractivity contribution in [3.8, 4) is 5.69 Å². The van der Waals surface area contributed by atoms with E-state index in [4.69, 9.17) is 0 Å². The summed E-state index contributed by atoms with van der Waals surface area (Å²) in [6.45, 7) is 1.84. The van der Waals surface area contributed by atoms with E-state index in [1.165, 1.54) is 23.1 Å². The number of hydrogen-bond acceptors (Lipinski definition) is 5. The Balaban J connectivity index is 1.80. The van der Waals surface area contributed by atoms with Crippen LogP contribution in [0, 0.1) is 6.92 Å². The number of nitrogens with zero attached hydrogens (tertiary/aromatic N) is 3. The van der Waals surface area contributed by atoms with Gasteiger partial charge < -0.3 is 0 Å². The van der Waals surface area contributed by atoms with Crippen molar-refractivity contribution in [2.45, 2.75) is 11.8 Å². The molecule has 3 aromatic rings. The Labute approximate surface area is 139 Å². The van der Waals surface area contributed by atoms with Gasteiger partial charge in [0.2, 0.25) is 5.82 Å². The third-order valence-electron chi connectivity index (χ3n) is 3.27. The molecular formula is C16H14N4O3S. The van der Waals surface area contributed by atoms with E-state index >= 15 is 0 Å². The van der Waals surface area contributed by atoms with Gasteiger partial charge in [-0.25, -0.2) is 22.8 Å². The maximum Gasteiger partial charge on any atom is 0.304 e. The Hall–Kier alpha value is -3.00. The monoisotopic (exact) mass is 342 g/mol. The molecule has 0 unspecified atom stereocenters. The third kappa shape index (κ3) is 3.33. The van der Waals surface area contributed by atoms with Gasteiger partial charge in [0.05, 0.1) is 10.6 Å². The largest absolute Gasteiger partial charge is 0.304 e. The number of para-hydroxylation sites is 1. The minimum absolute atomic E-state index is 0.00365. The maximum absolute atomic E-state index is 12.2. The number of rotatable bonds is 4. The van der Waals surface area contributed by atoms with E-state index in [2.05, 4.69) is 10.1 Å². The zero-order valence-electron chi connectivity index (χ0n) is 12.7. The highest BCUT2D eigenvalue weighted by atomic mass is 32.2. The molecule has 1 aromatic heterocycles.